The summed E-state index contributed by atoms with van der Waals surface area (Å²) in [5.41, 5.74) is 10.2. The standard InChI is InChI=1S/C27H22N4O5S/c1-13-6-5-7-16(12-13)20-19(15(3)32)14(2)29-26-21(20)22(28)25(37-26)24(33)23-27(34)36-30-31(23)17-8-10-18(35-4)11-9-17/h5-12H,1-4H3,(H2-,28,30,33,34). The number of rotatable bonds is 6. The van der Waals surface area contributed by atoms with E-state index in [1.54, 1.807) is 31.2 Å². The maximum absolute atomic E-state index is 13.7. The molecule has 0 unspecified atom stereocenters. The summed E-state index contributed by atoms with van der Waals surface area (Å²) in [5, 5.41) is 16.9. The zero-order valence-electron chi connectivity index (χ0n) is 20.5. The van der Waals surface area contributed by atoms with Crippen LogP contribution in [0, 0.1) is 13.8 Å². The van der Waals surface area contributed by atoms with Crippen molar-refractivity contribution in [1.82, 2.24) is 10.3 Å². The van der Waals surface area contributed by atoms with Gasteiger partial charge in [0.15, 0.2) is 11.7 Å². The van der Waals surface area contributed by atoms with E-state index in [1.165, 1.54) is 14.0 Å². The summed E-state index contributed by atoms with van der Waals surface area (Å²) in [6, 6.07) is 14.3. The molecule has 0 radical (unpaired) electrons. The van der Waals surface area contributed by atoms with Crippen LogP contribution in [0.2, 0.25) is 0 Å². The molecule has 0 amide bonds. The van der Waals surface area contributed by atoms with Gasteiger partial charge in [-0.15, -0.1) is 11.3 Å². The number of aryl methyl sites for hydroxylation is 2. The van der Waals surface area contributed by atoms with Crippen molar-refractivity contribution < 1.29 is 28.6 Å². The number of methoxy groups -OCH3 is 1. The van der Waals surface area contributed by atoms with E-state index in [9.17, 15) is 14.7 Å². The molecule has 0 saturated carbocycles. The van der Waals surface area contributed by atoms with Crippen molar-refractivity contribution in [2.75, 3.05) is 12.8 Å². The minimum absolute atomic E-state index is 0.110. The molecule has 5 aromatic rings. The first-order valence-corrected chi connectivity index (χ1v) is 12.1. The van der Waals surface area contributed by atoms with Crippen molar-refractivity contribution in [2.45, 2.75) is 20.8 Å². The van der Waals surface area contributed by atoms with Gasteiger partial charge in [-0.05, 0) is 43.1 Å². The monoisotopic (exact) mass is 514 g/mol. The van der Waals surface area contributed by atoms with Crippen molar-refractivity contribution in [3.05, 3.63) is 75.9 Å². The van der Waals surface area contributed by atoms with Crippen LogP contribution < -0.4 is 20.3 Å². The number of nitrogens with two attached hydrogens (primary N) is 1. The maximum Gasteiger partial charge on any atom is 0.312 e. The van der Waals surface area contributed by atoms with E-state index in [-0.39, 0.29) is 22.0 Å². The normalized spacial score (nSPS) is 11.1. The predicted octanol–water partition coefficient (Wildman–Crippen LogP) is 3.94. The molecule has 5 rings (SSSR count). The second-order valence-corrected chi connectivity index (χ2v) is 9.54. The van der Waals surface area contributed by atoms with Crippen molar-refractivity contribution >= 4 is 38.8 Å². The molecule has 9 nitrogen and oxygen atoms in total. The van der Waals surface area contributed by atoms with Gasteiger partial charge < -0.3 is 20.1 Å². The van der Waals surface area contributed by atoms with Gasteiger partial charge in [-0.25, -0.2) is 4.98 Å². The number of anilines is 1. The number of Topliss-reactive ketones (excluding diaryl/α,β-unsaturated/α-hetero) is 1. The molecule has 0 saturated heterocycles. The summed E-state index contributed by atoms with van der Waals surface area (Å²) in [5.74, 6) is -1.12. The number of aromatic nitrogens is 3. The fraction of sp³-hybridized carbons (Fsp3) is 0.148. The molecule has 186 valence electrons. The molecule has 2 N–H and O–H groups in total. The van der Waals surface area contributed by atoms with E-state index in [1.807, 2.05) is 31.2 Å². The van der Waals surface area contributed by atoms with Gasteiger partial charge in [-0.2, -0.15) is 0 Å². The third-order valence-electron chi connectivity index (χ3n) is 6.07. The Morgan fingerprint density at radius 2 is 1.86 bits per heavy atom. The third kappa shape index (κ3) is 4.01. The minimum Gasteiger partial charge on any atom is -0.539 e. The van der Waals surface area contributed by atoms with Crippen LogP contribution in [-0.2, 0) is 0 Å². The van der Waals surface area contributed by atoms with Crippen molar-refractivity contribution in [3.8, 4) is 28.5 Å². The highest BCUT2D eigenvalue weighted by Crippen LogP contribution is 2.43. The van der Waals surface area contributed by atoms with Crippen LogP contribution in [0.3, 0.4) is 0 Å². The summed E-state index contributed by atoms with van der Waals surface area (Å²) in [4.78, 5) is 31.6. The van der Waals surface area contributed by atoms with Crippen LogP contribution in [0.5, 0.6) is 11.7 Å². The molecule has 0 atom stereocenters. The van der Waals surface area contributed by atoms with E-state index < -0.39 is 11.7 Å². The number of nitrogens with zero attached hydrogens (tertiary/aromatic N) is 3. The average Bonchev–Trinajstić information content (AvgIpc) is 3.42. The number of hydrogen-bond acceptors (Lipinski definition) is 9. The van der Waals surface area contributed by atoms with Gasteiger partial charge in [0.1, 0.15) is 15.5 Å². The lowest BCUT2D eigenvalue weighted by Gasteiger charge is -2.13. The Kier molecular flexibility index (Phi) is 5.96. The zero-order chi connectivity index (χ0) is 26.4. The van der Waals surface area contributed by atoms with Gasteiger partial charge in [0.05, 0.1) is 23.8 Å². The summed E-state index contributed by atoms with van der Waals surface area (Å²) in [6.45, 7) is 5.18. The van der Waals surface area contributed by atoms with Crippen LogP contribution in [0.1, 0.15) is 43.9 Å². The Morgan fingerprint density at radius 3 is 2.51 bits per heavy atom. The number of carbonyl (C=O) groups is 2. The maximum atomic E-state index is 13.7. The molecule has 0 aliphatic heterocycles. The van der Waals surface area contributed by atoms with Crippen molar-refractivity contribution in [3.63, 3.8) is 0 Å². The highest BCUT2D eigenvalue weighted by Gasteiger charge is 2.33. The number of benzene rings is 2. The third-order valence-corrected chi connectivity index (χ3v) is 7.16. The lowest BCUT2D eigenvalue weighted by molar-refractivity contribution is -0.672. The Balaban J connectivity index is 1.74. The van der Waals surface area contributed by atoms with Gasteiger partial charge in [0, 0.05) is 28.6 Å². The highest BCUT2D eigenvalue weighted by atomic mass is 32.1. The number of hydrogen-bond donors (Lipinski definition) is 1. The quantitative estimate of drug-likeness (QED) is 0.266. The fourth-order valence-corrected chi connectivity index (χ4v) is 5.49. The van der Waals surface area contributed by atoms with Crippen molar-refractivity contribution in [2.24, 2.45) is 0 Å². The lowest BCUT2D eigenvalue weighted by atomic mass is 9.92. The van der Waals surface area contributed by atoms with E-state index >= 15 is 0 Å². The summed E-state index contributed by atoms with van der Waals surface area (Å²) in [6.07, 6.45) is 0. The van der Waals surface area contributed by atoms with Crippen LogP contribution >= 0.6 is 11.3 Å². The molecule has 0 aliphatic rings. The minimum atomic E-state index is -0.898. The molecule has 3 heterocycles. The fourth-order valence-electron chi connectivity index (χ4n) is 4.40. The van der Waals surface area contributed by atoms with Gasteiger partial charge in [-0.1, -0.05) is 29.8 Å². The van der Waals surface area contributed by atoms with E-state index in [2.05, 4.69) is 10.3 Å². The summed E-state index contributed by atoms with van der Waals surface area (Å²) >= 11 is 1.06. The molecular formula is C27H22N4O5S. The van der Waals surface area contributed by atoms with Crippen molar-refractivity contribution in [1.29, 1.82) is 0 Å². The zero-order valence-corrected chi connectivity index (χ0v) is 21.3. The van der Waals surface area contributed by atoms with Crippen LogP contribution in [0.4, 0.5) is 5.69 Å². The Labute approximate surface area is 215 Å². The first-order chi connectivity index (χ1) is 17.7. The smallest absolute Gasteiger partial charge is 0.312 e. The van der Waals surface area contributed by atoms with Crippen LogP contribution in [0.25, 0.3) is 27.0 Å². The Bertz CT molecular complexity index is 1700. The number of pyridine rings is 1. The van der Waals surface area contributed by atoms with Crippen LogP contribution in [-0.4, -0.2) is 28.9 Å². The average molecular weight is 515 g/mol. The largest absolute Gasteiger partial charge is 0.539 e. The number of ketones is 2. The van der Waals surface area contributed by atoms with Gasteiger partial charge in [-0.3, -0.25) is 9.59 Å². The second kappa shape index (κ2) is 9.14. The summed E-state index contributed by atoms with van der Waals surface area (Å²) in [7, 11) is 1.53. The predicted molar refractivity (Wildman–Crippen MR) is 136 cm³/mol. The first kappa shape index (κ1) is 24.1. The SMILES string of the molecule is COc1ccc(-[n+]2noc([O-])c2C(=O)c2sc3nc(C)c(C(C)=O)c(-c4cccc(C)c4)c3c2N)cc1. The number of thiophene rings is 1. The number of nitrogen functional groups attached to an aromatic ring is 1. The molecule has 0 bridgehead atoms. The van der Waals surface area contributed by atoms with E-state index in [4.69, 9.17) is 15.0 Å². The topological polar surface area (TPSA) is 135 Å². The molecule has 37 heavy (non-hydrogen) atoms. The van der Waals surface area contributed by atoms with Crippen LogP contribution in [0.15, 0.2) is 53.1 Å². The lowest BCUT2D eigenvalue weighted by Crippen LogP contribution is -2.39. The van der Waals surface area contributed by atoms with Gasteiger partial charge in [0.2, 0.25) is 5.69 Å². The Morgan fingerprint density at radius 1 is 1.14 bits per heavy atom. The Hall–Kier alpha value is -4.57. The van der Waals surface area contributed by atoms with Gasteiger partial charge in [0.25, 0.3) is 5.78 Å². The molecule has 10 heteroatoms. The number of carbonyl (C=O) groups excluding carboxylic acids is 2. The molecular weight excluding hydrogens is 492 g/mol. The molecule has 3 aromatic heterocycles. The molecule has 2 aromatic carbocycles. The second-order valence-electron chi connectivity index (χ2n) is 8.55. The molecule has 0 fully saturated rings. The molecule has 0 spiro atoms. The van der Waals surface area contributed by atoms with Gasteiger partial charge >= 0.3 is 5.69 Å². The first-order valence-electron chi connectivity index (χ1n) is 11.3. The van der Waals surface area contributed by atoms with E-state index in [0.717, 1.165) is 27.1 Å². The highest BCUT2D eigenvalue weighted by molar-refractivity contribution is 7.21. The number of ether oxygens (including phenoxy) is 1. The van der Waals surface area contributed by atoms with E-state index in [0.29, 0.717) is 38.5 Å². The summed E-state index contributed by atoms with van der Waals surface area (Å²) < 4.78 is 11.2. The number of fused-ring (bicyclic) bond motifs is 1. The molecule has 0 aliphatic carbocycles.